The van der Waals surface area contributed by atoms with Crippen LogP contribution in [-0.2, 0) is 10.0 Å². The summed E-state index contributed by atoms with van der Waals surface area (Å²) in [5.41, 5.74) is 3.16. The summed E-state index contributed by atoms with van der Waals surface area (Å²) in [6, 6.07) is 14.3. The summed E-state index contributed by atoms with van der Waals surface area (Å²) in [6.07, 6.45) is 0. The Morgan fingerprint density at radius 2 is 1.84 bits per heavy atom. The van der Waals surface area contributed by atoms with Gasteiger partial charge >= 0.3 is 0 Å². The van der Waals surface area contributed by atoms with E-state index in [2.05, 4.69) is 14.9 Å². The SMILES string of the molecule is COc1ccccc1-c1cc(NS(=O)(=O)c2ccc(C)cc2C)n[nH]1. The quantitative estimate of drug-likeness (QED) is 0.732. The van der Waals surface area contributed by atoms with Crippen LogP contribution in [-0.4, -0.2) is 25.7 Å². The molecule has 0 spiro atoms. The van der Waals surface area contributed by atoms with Gasteiger partial charge in [-0.15, -0.1) is 0 Å². The lowest BCUT2D eigenvalue weighted by molar-refractivity contribution is 0.416. The molecule has 0 bridgehead atoms. The minimum Gasteiger partial charge on any atom is -0.496 e. The van der Waals surface area contributed by atoms with Crippen molar-refractivity contribution in [2.45, 2.75) is 18.7 Å². The Balaban J connectivity index is 1.90. The fourth-order valence-electron chi connectivity index (χ4n) is 2.67. The number of rotatable bonds is 5. The molecule has 0 saturated carbocycles. The molecule has 6 nitrogen and oxygen atoms in total. The molecule has 1 aromatic heterocycles. The number of hydrogen-bond acceptors (Lipinski definition) is 4. The zero-order valence-corrected chi connectivity index (χ0v) is 15.0. The van der Waals surface area contributed by atoms with E-state index in [-0.39, 0.29) is 10.7 Å². The van der Waals surface area contributed by atoms with Crippen LogP contribution in [0.1, 0.15) is 11.1 Å². The summed E-state index contributed by atoms with van der Waals surface area (Å²) in [5.74, 6) is 0.899. The average molecular weight is 357 g/mol. The number of anilines is 1. The molecule has 25 heavy (non-hydrogen) atoms. The lowest BCUT2D eigenvalue weighted by Gasteiger charge is -2.09. The fourth-order valence-corrected chi connectivity index (χ4v) is 3.89. The maximum Gasteiger partial charge on any atom is 0.263 e. The highest BCUT2D eigenvalue weighted by molar-refractivity contribution is 7.92. The lowest BCUT2D eigenvalue weighted by atomic mass is 10.1. The van der Waals surface area contributed by atoms with Crippen molar-refractivity contribution in [2.24, 2.45) is 0 Å². The number of ether oxygens (including phenoxy) is 1. The topological polar surface area (TPSA) is 84.1 Å². The standard InChI is InChI=1S/C18H19N3O3S/c1-12-8-9-17(13(2)10-12)25(22,23)21-18-11-15(19-20-18)14-6-4-5-7-16(14)24-3/h4-11H,1-3H3,(H2,19,20,21). The molecular formula is C18H19N3O3S. The Bertz CT molecular complexity index is 1010. The van der Waals surface area contributed by atoms with E-state index < -0.39 is 10.0 Å². The molecule has 0 fully saturated rings. The molecule has 0 atom stereocenters. The van der Waals surface area contributed by atoms with Gasteiger partial charge in [-0.05, 0) is 37.6 Å². The van der Waals surface area contributed by atoms with Gasteiger partial charge in [-0.1, -0.05) is 29.8 Å². The summed E-state index contributed by atoms with van der Waals surface area (Å²) in [4.78, 5) is 0.236. The predicted octanol–water partition coefficient (Wildman–Crippen LogP) is 3.50. The first-order chi connectivity index (χ1) is 11.9. The number of benzene rings is 2. The smallest absolute Gasteiger partial charge is 0.263 e. The van der Waals surface area contributed by atoms with E-state index in [1.165, 1.54) is 0 Å². The summed E-state index contributed by atoms with van der Waals surface area (Å²) in [5, 5.41) is 6.89. The molecule has 2 N–H and O–H groups in total. The Morgan fingerprint density at radius 3 is 2.56 bits per heavy atom. The molecule has 7 heteroatoms. The van der Waals surface area contributed by atoms with E-state index in [0.29, 0.717) is 17.0 Å². The van der Waals surface area contributed by atoms with Crippen LogP contribution >= 0.6 is 0 Å². The van der Waals surface area contributed by atoms with Crippen molar-refractivity contribution in [3.8, 4) is 17.0 Å². The minimum atomic E-state index is -3.71. The molecule has 2 aromatic carbocycles. The predicted molar refractivity (Wildman–Crippen MR) is 97.3 cm³/mol. The number of methoxy groups -OCH3 is 1. The molecule has 1 heterocycles. The van der Waals surface area contributed by atoms with Gasteiger partial charge in [0.05, 0.1) is 17.7 Å². The molecule has 0 unspecified atom stereocenters. The second-order valence-electron chi connectivity index (χ2n) is 5.74. The van der Waals surface area contributed by atoms with E-state index >= 15 is 0 Å². The van der Waals surface area contributed by atoms with Gasteiger partial charge in [0.2, 0.25) is 0 Å². The van der Waals surface area contributed by atoms with Crippen LogP contribution < -0.4 is 9.46 Å². The number of hydrogen-bond donors (Lipinski definition) is 2. The van der Waals surface area contributed by atoms with Crippen LogP contribution in [0.15, 0.2) is 53.4 Å². The average Bonchev–Trinajstić information content (AvgIpc) is 3.02. The zero-order chi connectivity index (χ0) is 18.0. The van der Waals surface area contributed by atoms with Gasteiger partial charge in [0, 0.05) is 11.6 Å². The van der Waals surface area contributed by atoms with E-state index in [4.69, 9.17) is 4.74 Å². The van der Waals surface area contributed by atoms with Gasteiger partial charge in [-0.25, -0.2) is 8.42 Å². The second-order valence-corrected chi connectivity index (χ2v) is 7.39. The zero-order valence-electron chi connectivity index (χ0n) is 14.2. The molecule has 0 radical (unpaired) electrons. The van der Waals surface area contributed by atoms with E-state index in [9.17, 15) is 8.42 Å². The van der Waals surface area contributed by atoms with Crippen molar-refractivity contribution < 1.29 is 13.2 Å². The summed E-state index contributed by atoms with van der Waals surface area (Å²) < 4.78 is 33.1. The van der Waals surface area contributed by atoms with Crippen LogP contribution in [0.5, 0.6) is 5.75 Å². The lowest BCUT2D eigenvalue weighted by Crippen LogP contribution is -2.14. The number of nitrogens with zero attached hydrogens (tertiary/aromatic N) is 1. The number of aromatic nitrogens is 2. The molecule has 0 aliphatic rings. The summed E-state index contributed by atoms with van der Waals surface area (Å²) in [6.45, 7) is 3.69. The van der Waals surface area contributed by atoms with Crippen molar-refractivity contribution in [1.82, 2.24) is 10.2 Å². The van der Waals surface area contributed by atoms with Gasteiger partial charge < -0.3 is 4.74 Å². The number of para-hydroxylation sites is 1. The molecule has 130 valence electrons. The molecular weight excluding hydrogens is 338 g/mol. The largest absolute Gasteiger partial charge is 0.496 e. The fraction of sp³-hybridized carbons (Fsp3) is 0.167. The number of sulfonamides is 1. The molecule has 0 aliphatic heterocycles. The van der Waals surface area contributed by atoms with Gasteiger partial charge in [0.15, 0.2) is 5.82 Å². The second kappa shape index (κ2) is 6.60. The Kier molecular flexibility index (Phi) is 4.50. The van der Waals surface area contributed by atoms with Crippen LogP contribution in [0, 0.1) is 13.8 Å². The number of aryl methyl sites for hydroxylation is 2. The van der Waals surface area contributed by atoms with Crippen molar-refractivity contribution in [1.29, 1.82) is 0 Å². The maximum atomic E-state index is 12.6. The minimum absolute atomic E-state index is 0.223. The van der Waals surface area contributed by atoms with Crippen LogP contribution in [0.2, 0.25) is 0 Å². The molecule has 0 saturated heterocycles. The van der Waals surface area contributed by atoms with E-state index in [1.807, 2.05) is 37.3 Å². The third kappa shape index (κ3) is 3.51. The van der Waals surface area contributed by atoms with E-state index in [0.717, 1.165) is 11.1 Å². The molecule has 0 aliphatic carbocycles. The molecule has 3 rings (SSSR count). The first-order valence-electron chi connectivity index (χ1n) is 7.69. The van der Waals surface area contributed by atoms with Crippen LogP contribution in [0.3, 0.4) is 0 Å². The van der Waals surface area contributed by atoms with Gasteiger partial charge in [-0.2, -0.15) is 5.10 Å². The third-order valence-corrected chi connectivity index (χ3v) is 5.35. The Morgan fingerprint density at radius 1 is 1.08 bits per heavy atom. The highest BCUT2D eigenvalue weighted by atomic mass is 32.2. The third-order valence-electron chi connectivity index (χ3n) is 3.83. The highest BCUT2D eigenvalue weighted by Crippen LogP contribution is 2.30. The first-order valence-corrected chi connectivity index (χ1v) is 9.18. The number of nitrogens with one attached hydrogen (secondary N) is 2. The highest BCUT2D eigenvalue weighted by Gasteiger charge is 2.19. The Hall–Kier alpha value is -2.80. The normalized spacial score (nSPS) is 11.3. The first kappa shape index (κ1) is 17.0. The number of H-pyrrole nitrogens is 1. The van der Waals surface area contributed by atoms with Gasteiger partial charge in [0.1, 0.15) is 5.75 Å². The monoisotopic (exact) mass is 357 g/mol. The van der Waals surface area contributed by atoms with Crippen molar-refractivity contribution in [3.05, 3.63) is 59.7 Å². The summed E-state index contributed by atoms with van der Waals surface area (Å²) >= 11 is 0. The van der Waals surface area contributed by atoms with E-state index in [1.54, 1.807) is 32.2 Å². The Labute approximate surface area is 146 Å². The molecule has 3 aromatic rings. The van der Waals surface area contributed by atoms with Crippen molar-refractivity contribution >= 4 is 15.8 Å². The number of aromatic amines is 1. The van der Waals surface area contributed by atoms with Crippen LogP contribution in [0.25, 0.3) is 11.3 Å². The summed E-state index contributed by atoms with van der Waals surface area (Å²) in [7, 11) is -2.13. The van der Waals surface area contributed by atoms with Crippen molar-refractivity contribution in [3.63, 3.8) is 0 Å². The van der Waals surface area contributed by atoms with Gasteiger partial charge in [0.25, 0.3) is 10.0 Å². The maximum absolute atomic E-state index is 12.6. The van der Waals surface area contributed by atoms with Crippen LogP contribution in [0.4, 0.5) is 5.82 Å². The van der Waals surface area contributed by atoms with Crippen molar-refractivity contribution in [2.75, 3.05) is 11.8 Å². The molecule has 0 amide bonds. The van der Waals surface area contributed by atoms with Gasteiger partial charge in [-0.3, -0.25) is 9.82 Å².